The zero-order chi connectivity index (χ0) is 23.3. The second kappa shape index (κ2) is 8.19. The Bertz CT molecular complexity index is 1220. The Balaban J connectivity index is 1.65. The van der Waals surface area contributed by atoms with Crippen molar-refractivity contribution in [2.45, 2.75) is 44.3 Å². The van der Waals surface area contributed by atoms with Crippen LogP contribution in [-0.4, -0.2) is 35.6 Å². The number of ether oxygens (including phenoxy) is 3. The second-order valence-corrected chi connectivity index (χ2v) is 8.74. The summed E-state index contributed by atoms with van der Waals surface area (Å²) in [5.41, 5.74) is 6.06. The third-order valence-corrected chi connectivity index (χ3v) is 6.89. The van der Waals surface area contributed by atoms with Gasteiger partial charge in [-0.2, -0.15) is 0 Å². The van der Waals surface area contributed by atoms with Crippen LogP contribution in [0.5, 0.6) is 28.7 Å². The highest BCUT2D eigenvalue weighted by atomic mass is 16.5. The molecule has 3 unspecified atom stereocenters. The van der Waals surface area contributed by atoms with Gasteiger partial charge in [0.15, 0.2) is 11.5 Å². The van der Waals surface area contributed by atoms with E-state index in [0.29, 0.717) is 23.7 Å². The van der Waals surface area contributed by atoms with Gasteiger partial charge in [0.25, 0.3) is 0 Å². The molecule has 172 valence electrons. The number of aliphatic hydroxyl groups excluding tert-OH is 1. The predicted octanol–water partition coefficient (Wildman–Crippen LogP) is 4.87. The van der Waals surface area contributed by atoms with Crippen molar-refractivity contribution in [3.8, 4) is 39.9 Å². The highest BCUT2D eigenvalue weighted by Crippen LogP contribution is 2.53. The van der Waals surface area contributed by atoms with Gasteiger partial charge in [0, 0.05) is 23.6 Å². The molecule has 33 heavy (non-hydrogen) atoms. The first-order valence-corrected chi connectivity index (χ1v) is 11.2. The fraction of sp³-hybridized carbons (Fsp3) is 0.333. The molecule has 0 spiro atoms. The van der Waals surface area contributed by atoms with Crippen LogP contribution in [0, 0.1) is 0 Å². The zero-order valence-electron chi connectivity index (χ0n) is 19.0. The molecule has 3 aromatic rings. The van der Waals surface area contributed by atoms with Crippen molar-refractivity contribution in [3.05, 3.63) is 64.7 Å². The van der Waals surface area contributed by atoms with Crippen LogP contribution in [0.25, 0.3) is 11.1 Å². The smallest absolute Gasteiger partial charge is 0.160 e. The van der Waals surface area contributed by atoms with E-state index in [1.54, 1.807) is 31.4 Å². The number of fused-ring (bicyclic) bond motifs is 5. The molecule has 0 saturated heterocycles. The van der Waals surface area contributed by atoms with E-state index >= 15 is 0 Å². The summed E-state index contributed by atoms with van der Waals surface area (Å²) in [7, 11) is 3.14. The van der Waals surface area contributed by atoms with Gasteiger partial charge in [-0.15, -0.1) is 0 Å². The van der Waals surface area contributed by atoms with Crippen LogP contribution in [0.1, 0.15) is 47.6 Å². The molecule has 3 aromatic carbocycles. The van der Waals surface area contributed by atoms with Gasteiger partial charge < -0.3 is 29.5 Å². The topological polar surface area (TPSA) is 88.4 Å². The van der Waals surface area contributed by atoms with E-state index in [0.717, 1.165) is 46.2 Å². The third-order valence-electron chi connectivity index (χ3n) is 6.89. The lowest BCUT2D eigenvalue weighted by Gasteiger charge is -2.37. The van der Waals surface area contributed by atoms with Crippen molar-refractivity contribution in [1.82, 2.24) is 0 Å². The van der Waals surface area contributed by atoms with Crippen molar-refractivity contribution in [1.29, 1.82) is 0 Å². The Labute approximate surface area is 193 Å². The maximum atomic E-state index is 11.1. The van der Waals surface area contributed by atoms with Crippen molar-refractivity contribution < 1.29 is 29.5 Å². The van der Waals surface area contributed by atoms with E-state index < -0.39 is 12.2 Å². The highest BCUT2D eigenvalue weighted by molar-refractivity contribution is 5.83. The quantitative estimate of drug-likeness (QED) is 0.528. The normalized spacial score (nSPS) is 20.8. The van der Waals surface area contributed by atoms with Gasteiger partial charge in [-0.25, -0.2) is 0 Å². The Morgan fingerprint density at radius 1 is 0.970 bits per heavy atom. The molecular weight excluding hydrogens is 420 g/mol. The molecule has 6 heteroatoms. The van der Waals surface area contributed by atoms with Gasteiger partial charge in [-0.1, -0.05) is 19.1 Å². The van der Waals surface area contributed by atoms with Crippen LogP contribution in [0.2, 0.25) is 0 Å². The number of phenolic OH excluding ortho intramolecular Hbond substituents is 2. The third kappa shape index (κ3) is 3.45. The average molecular weight is 449 g/mol. The average Bonchev–Trinajstić information content (AvgIpc) is 2.82. The lowest BCUT2D eigenvalue weighted by atomic mass is 9.73. The summed E-state index contributed by atoms with van der Waals surface area (Å²) in [6.07, 6.45) is 0.808. The molecule has 0 bridgehead atoms. The lowest BCUT2D eigenvalue weighted by Crippen LogP contribution is -2.32. The first-order chi connectivity index (χ1) is 15.9. The summed E-state index contributed by atoms with van der Waals surface area (Å²) >= 11 is 0. The van der Waals surface area contributed by atoms with Crippen molar-refractivity contribution in [2.75, 3.05) is 14.2 Å². The highest BCUT2D eigenvalue weighted by Gasteiger charge is 2.37. The molecule has 6 nitrogen and oxygen atoms in total. The van der Waals surface area contributed by atoms with Crippen molar-refractivity contribution in [2.24, 2.45) is 0 Å². The molecule has 5 rings (SSSR count). The van der Waals surface area contributed by atoms with Crippen molar-refractivity contribution >= 4 is 0 Å². The minimum Gasteiger partial charge on any atom is -0.508 e. The molecule has 0 saturated carbocycles. The molecule has 3 N–H and O–H groups in total. The Morgan fingerprint density at radius 3 is 2.48 bits per heavy atom. The summed E-state index contributed by atoms with van der Waals surface area (Å²) in [6.45, 7) is 2.15. The lowest BCUT2D eigenvalue weighted by molar-refractivity contribution is 0.0201. The van der Waals surface area contributed by atoms with E-state index in [4.69, 9.17) is 14.2 Å². The first kappa shape index (κ1) is 21.5. The summed E-state index contributed by atoms with van der Waals surface area (Å²) < 4.78 is 17.4. The number of benzene rings is 3. The molecule has 3 atom stereocenters. The number of aromatic hydroxyl groups is 2. The molecule has 1 aliphatic heterocycles. The SMILES string of the molecule is CCC1Cc2cc(O)ccc2-c2c(OC)cc3c(c21)CC(O)C(c1ccc(O)c(OC)c1)O3. The van der Waals surface area contributed by atoms with Crippen LogP contribution in [-0.2, 0) is 12.8 Å². The van der Waals surface area contributed by atoms with Gasteiger partial charge in [0.05, 0.1) is 20.3 Å². The molecule has 0 amide bonds. The molecule has 0 fully saturated rings. The van der Waals surface area contributed by atoms with Crippen LogP contribution in [0.4, 0.5) is 0 Å². The number of hydrogen-bond donors (Lipinski definition) is 3. The maximum absolute atomic E-state index is 11.1. The monoisotopic (exact) mass is 448 g/mol. The minimum absolute atomic E-state index is 0.0400. The maximum Gasteiger partial charge on any atom is 0.160 e. The number of rotatable bonds is 4. The zero-order valence-corrected chi connectivity index (χ0v) is 19.0. The number of hydrogen-bond acceptors (Lipinski definition) is 6. The summed E-state index contributed by atoms with van der Waals surface area (Å²) in [5.74, 6) is 2.27. The first-order valence-electron chi connectivity index (χ1n) is 11.2. The van der Waals surface area contributed by atoms with Gasteiger partial charge >= 0.3 is 0 Å². The van der Waals surface area contributed by atoms with Crippen molar-refractivity contribution in [3.63, 3.8) is 0 Å². The van der Waals surface area contributed by atoms with Crippen LogP contribution < -0.4 is 14.2 Å². The molecule has 2 aliphatic rings. The standard InChI is InChI=1S/C27H28O6/c1-4-14-9-16-10-17(28)6-7-18(16)26-24(32-3)13-22-19(25(14)26)12-21(30)27(33-22)15-5-8-20(29)23(11-15)31-2/h5-8,10-11,13-14,21,27-30H,4,9,12H2,1-3H3. The van der Waals surface area contributed by atoms with Crippen LogP contribution in [0.3, 0.4) is 0 Å². The predicted molar refractivity (Wildman–Crippen MR) is 125 cm³/mol. The number of methoxy groups -OCH3 is 2. The van der Waals surface area contributed by atoms with Gasteiger partial charge in [0.1, 0.15) is 23.4 Å². The van der Waals surface area contributed by atoms with E-state index in [2.05, 4.69) is 6.92 Å². The second-order valence-electron chi connectivity index (χ2n) is 8.74. The van der Waals surface area contributed by atoms with E-state index in [1.165, 1.54) is 7.11 Å². The molecule has 1 aliphatic carbocycles. The molecular formula is C27H28O6. The fourth-order valence-electron chi connectivity index (χ4n) is 5.30. The Kier molecular flexibility index (Phi) is 5.33. The van der Waals surface area contributed by atoms with Gasteiger partial charge in [-0.3, -0.25) is 0 Å². The number of phenols is 2. The van der Waals surface area contributed by atoms with E-state index in [1.807, 2.05) is 18.2 Å². The van der Waals surface area contributed by atoms with E-state index in [9.17, 15) is 15.3 Å². The summed E-state index contributed by atoms with van der Waals surface area (Å²) in [6, 6.07) is 12.4. The minimum atomic E-state index is -0.761. The van der Waals surface area contributed by atoms with Crippen LogP contribution in [0.15, 0.2) is 42.5 Å². The number of aliphatic hydroxyl groups is 1. The largest absolute Gasteiger partial charge is 0.508 e. The van der Waals surface area contributed by atoms with Gasteiger partial charge in [0.2, 0.25) is 0 Å². The molecule has 1 heterocycles. The summed E-state index contributed by atoms with van der Waals surface area (Å²) in [5, 5.41) is 31.1. The van der Waals surface area contributed by atoms with Gasteiger partial charge in [-0.05, 0) is 65.3 Å². The van der Waals surface area contributed by atoms with E-state index in [-0.39, 0.29) is 17.4 Å². The summed E-state index contributed by atoms with van der Waals surface area (Å²) in [4.78, 5) is 0. The molecule has 0 radical (unpaired) electrons. The fourth-order valence-corrected chi connectivity index (χ4v) is 5.30. The van der Waals surface area contributed by atoms with Crippen LogP contribution >= 0.6 is 0 Å². The Morgan fingerprint density at radius 2 is 1.76 bits per heavy atom. The Hall–Kier alpha value is -3.38. The molecule has 0 aromatic heterocycles.